The van der Waals surface area contributed by atoms with Gasteiger partial charge in [-0.2, -0.15) is 0 Å². The van der Waals surface area contributed by atoms with Crippen molar-refractivity contribution >= 4 is 11.6 Å². The summed E-state index contributed by atoms with van der Waals surface area (Å²) in [4.78, 5) is 0. The lowest BCUT2D eigenvalue weighted by molar-refractivity contribution is 0.193. The minimum Gasteiger partial charge on any atom is -0.496 e. The Morgan fingerprint density at radius 3 is 2.55 bits per heavy atom. The number of benzene rings is 1. The molecule has 0 saturated heterocycles. The standard InChI is InChI=1S/C17H26ClNO/c1-12(2)13-6-8-17(19,9-7-13)11-14-10-15(18)4-5-16(14)20-3/h4-5,10,12-13H,6-9,11,19H2,1-3H3. The van der Waals surface area contributed by atoms with Gasteiger partial charge in [-0.15, -0.1) is 0 Å². The maximum atomic E-state index is 6.63. The Morgan fingerprint density at radius 1 is 1.35 bits per heavy atom. The third kappa shape index (κ3) is 3.67. The highest BCUT2D eigenvalue weighted by molar-refractivity contribution is 6.30. The Kier molecular flexibility index (Phi) is 4.98. The first kappa shape index (κ1) is 15.7. The van der Waals surface area contributed by atoms with Crippen LogP contribution in [0.25, 0.3) is 0 Å². The van der Waals surface area contributed by atoms with E-state index in [4.69, 9.17) is 22.1 Å². The molecule has 0 aromatic heterocycles. The lowest BCUT2D eigenvalue weighted by Crippen LogP contribution is -2.45. The summed E-state index contributed by atoms with van der Waals surface area (Å²) >= 11 is 6.11. The maximum Gasteiger partial charge on any atom is 0.122 e. The molecule has 0 bridgehead atoms. The molecule has 1 aliphatic carbocycles. The summed E-state index contributed by atoms with van der Waals surface area (Å²) in [6, 6.07) is 5.78. The lowest BCUT2D eigenvalue weighted by Gasteiger charge is -2.39. The van der Waals surface area contributed by atoms with Gasteiger partial charge in [0.1, 0.15) is 5.75 Å². The molecule has 0 aliphatic heterocycles. The smallest absolute Gasteiger partial charge is 0.122 e. The Hall–Kier alpha value is -0.730. The van der Waals surface area contributed by atoms with Crippen molar-refractivity contribution in [3.63, 3.8) is 0 Å². The summed E-state index contributed by atoms with van der Waals surface area (Å²) in [6.45, 7) is 4.63. The molecule has 1 aliphatic rings. The molecule has 0 unspecified atom stereocenters. The molecule has 3 heteroatoms. The molecule has 0 spiro atoms. The largest absolute Gasteiger partial charge is 0.496 e. The Labute approximate surface area is 127 Å². The van der Waals surface area contributed by atoms with Gasteiger partial charge in [0, 0.05) is 10.6 Å². The number of hydrogen-bond donors (Lipinski definition) is 1. The van der Waals surface area contributed by atoms with Gasteiger partial charge in [0.2, 0.25) is 0 Å². The van der Waals surface area contributed by atoms with Crippen molar-refractivity contribution in [1.82, 2.24) is 0 Å². The molecule has 1 saturated carbocycles. The molecule has 0 amide bonds. The fourth-order valence-electron chi connectivity index (χ4n) is 3.32. The zero-order valence-electron chi connectivity index (χ0n) is 12.8. The van der Waals surface area contributed by atoms with Crippen molar-refractivity contribution in [2.75, 3.05) is 7.11 Å². The molecule has 1 aromatic rings. The molecule has 2 rings (SSSR count). The molecule has 1 fully saturated rings. The summed E-state index contributed by atoms with van der Waals surface area (Å²) in [5.74, 6) is 2.48. The number of hydrogen-bond acceptors (Lipinski definition) is 2. The van der Waals surface area contributed by atoms with E-state index in [0.29, 0.717) is 0 Å². The molecule has 2 N–H and O–H groups in total. The monoisotopic (exact) mass is 295 g/mol. The van der Waals surface area contributed by atoms with E-state index in [1.165, 1.54) is 12.8 Å². The topological polar surface area (TPSA) is 35.2 Å². The normalized spacial score (nSPS) is 26.8. The lowest BCUT2D eigenvalue weighted by atomic mass is 9.71. The van der Waals surface area contributed by atoms with Crippen LogP contribution < -0.4 is 10.5 Å². The van der Waals surface area contributed by atoms with Crippen LogP contribution in [0.5, 0.6) is 5.75 Å². The van der Waals surface area contributed by atoms with Crippen LogP contribution in [0.4, 0.5) is 0 Å². The second-order valence-electron chi connectivity index (χ2n) is 6.58. The number of rotatable bonds is 4. The van der Waals surface area contributed by atoms with E-state index in [1.807, 2.05) is 18.2 Å². The van der Waals surface area contributed by atoms with Gasteiger partial charge in [-0.25, -0.2) is 0 Å². The van der Waals surface area contributed by atoms with E-state index in [1.54, 1.807) is 7.11 Å². The highest BCUT2D eigenvalue weighted by Crippen LogP contribution is 2.37. The van der Waals surface area contributed by atoms with E-state index in [2.05, 4.69) is 13.8 Å². The fourth-order valence-corrected chi connectivity index (χ4v) is 3.52. The molecule has 0 radical (unpaired) electrons. The molecule has 20 heavy (non-hydrogen) atoms. The van der Waals surface area contributed by atoms with E-state index >= 15 is 0 Å². The summed E-state index contributed by atoms with van der Waals surface area (Å²) in [5, 5.41) is 0.750. The van der Waals surface area contributed by atoms with Crippen LogP contribution in [0.3, 0.4) is 0 Å². The number of ether oxygens (including phenoxy) is 1. The van der Waals surface area contributed by atoms with Crippen LogP contribution in [-0.2, 0) is 6.42 Å². The molecule has 2 nitrogen and oxygen atoms in total. The zero-order valence-corrected chi connectivity index (χ0v) is 13.5. The second-order valence-corrected chi connectivity index (χ2v) is 7.01. The highest BCUT2D eigenvalue weighted by Gasteiger charge is 2.33. The van der Waals surface area contributed by atoms with Crippen LogP contribution in [-0.4, -0.2) is 12.6 Å². The van der Waals surface area contributed by atoms with Crippen molar-refractivity contribution < 1.29 is 4.74 Å². The Morgan fingerprint density at radius 2 is 2.00 bits per heavy atom. The maximum absolute atomic E-state index is 6.63. The van der Waals surface area contributed by atoms with Gasteiger partial charge in [-0.3, -0.25) is 0 Å². The van der Waals surface area contributed by atoms with Gasteiger partial charge >= 0.3 is 0 Å². The minimum absolute atomic E-state index is 0.108. The van der Waals surface area contributed by atoms with Crippen molar-refractivity contribution in [3.05, 3.63) is 28.8 Å². The SMILES string of the molecule is COc1ccc(Cl)cc1CC1(N)CCC(C(C)C)CC1. The first-order valence-corrected chi connectivity index (χ1v) is 7.92. The van der Waals surface area contributed by atoms with Crippen molar-refractivity contribution in [2.45, 2.75) is 51.5 Å². The quantitative estimate of drug-likeness (QED) is 0.891. The predicted molar refractivity (Wildman–Crippen MR) is 85.4 cm³/mol. The Balaban J connectivity index is 2.08. The summed E-state index contributed by atoms with van der Waals surface area (Å²) in [5.41, 5.74) is 7.65. The van der Waals surface area contributed by atoms with Crippen molar-refractivity contribution in [1.29, 1.82) is 0 Å². The number of methoxy groups -OCH3 is 1. The van der Waals surface area contributed by atoms with Gasteiger partial charge < -0.3 is 10.5 Å². The average Bonchev–Trinajstić information content (AvgIpc) is 2.39. The molecule has 0 atom stereocenters. The Bertz CT molecular complexity index is 450. The van der Waals surface area contributed by atoms with Gasteiger partial charge in [0.25, 0.3) is 0 Å². The summed E-state index contributed by atoms with van der Waals surface area (Å²) in [7, 11) is 1.70. The summed E-state index contributed by atoms with van der Waals surface area (Å²) in [6.07, 6.45) is 5.49. The molecule has 112 valence electrons. The van der Waals surface area contributed by atoms with Crippen LogP contribution >= 0.6 is 11.6 Å². The van der Waals surface area contributed by atoms with Crippen molar-refractivity contribution in [3.8, 4) is 5.75 Å². The number of halogens is 1. The second kappa shape index (κ2) is 6.36. The predicted octanol–water partition coefficient (Wildman–Crippen LogP) is 4.43. The van der Waals surface area contributed by atoms with E-state index in [0.717, 1.165) is 47.4 Å². The van der Waals surface area contributed by atoms with Crippen LogP contribution in [0.1, 0.15) is 45.1 Å². The average molecular weight is 296 g/mol. The van der Waals surface area contributed by atoms with Gasteiger partial charge in [-0.05, 0) is 67.7 Å². The highest BCUT2D eigenvalue weighted by atomic mass is 35.5. The van der Waals surface area contributed by atoms with Crippen LogP contribution in [0, 0.1) is 11.8 Å². The van der Waals surface area contributed by atoms with E-state index in [-0.39, 0.29) is 5.54 Å². The summed E-state index contributed by atoms with van der Waals surface area (Å²) < 4.78 is 5.43. The van der Waals surface area contributed by atoms with Crippen LogP contribution in [0.2, 0.25) is 5.02 Å². The van der Waals surface area contributed by atoms with Gasteiger partial charge in [0.05, 0.1) is 7.11 Å². The minimum atomic E-state index is -0.108. The molecule has 0 heterocycles. The molecular weight excluding hydrogens is 270 g/mol. The molecule has 1 aromatic carbocycles. The van der Waals surface area contributed by atoms with E-state index in [9.17, 15) is 0 Å². The van der Waals surface area contributed by atoms with Crippen molar-refractivity contribution in [2.24, 2.45) is 17.6 Å². The third-order valence-corrected chi connectivity index (χ3v) is 4.99. The van der Waals surface area contributed by atoms with E-state index < -0.39 is 0 Å². The first-order chi connectivity index (χ1) is 9.43. The van der Waals surface area contributed by atoms with Gasteiger partial charge in [-0.1, -0.05) is 25.4 Å². The number of nitrogens with two attached hydrogens (primary N) is 1. The fraction of sp³-hybridized carbons (Fsp3) is 0.647. The van der Waals surface area contributed by atoms with Gasteiger partial charge in [0.15, 0.2) is 0 Å². The molecular formula is C17H26ClNO. The van der Waals surface area contributed by atoms with Crippen LogP contribution in [0.15, 0.2) is 18.2 Å². The zero-order chi connectivity index (χ0) is 14.8. The third-order valence-electron chi connectivity index (χ3n) is 4.75. The first-order valence-electron chi connectivity index (χ1n) is 7.55.